The zero-order chi connectivity index (χ0) is 11.1. The first kappa shape index (κ1) is 12.4. The van der Waals surface area contributed by atoms with Gasteiger partial charge in [0.25, 0.3) is 0 Å². The first-order chi connectivity index (χ1) is 7.27. The molecule has 1 atom stereocenters. The molecule has 1 aromatic rings. The predicted octanol–water partition coefficient (Wildman–Crippen LogP) is 4.44. The third kappa shape index (κ3) is 4.15. The smallest absolute Gasteiger partial charge is 0.133 e. The van der Waals surface area contributed by atoms with E-state index in [1.165, 1.54) is 17.3 Å². The zero-order valence-corrected chi connectivity index (χ0v) is 10.3. The number of benzene rings is 1. The summed E-state index contributed by atoms with van der Waals surface area (Å²) in [5.41, 5.74) is 1.28. The van der Waals surface area contributed by atoms with Crippen LogP contribution in [0.5, 0.6) is 0 Å². The Hall–Kier alpha value is -0.650. The Morgan fingerprint density at radius 1 is 1.53 bits per heavy atom. The third-order valence-electron chi connectivity index (χ3n) is 2.45. The first-order valence-electron chi connectivity index (χ1n) is 5.04. The summed E-state index contributed by atoms with van der Waals surface area (Å²) in [4.78, 5) is 0. The van der Waals surface area contributed by atoms with Gasteiger partial charge >= 0.3 is 0 Å². The van der Waals surface area contributed by atoms with E-state index in [-0.39, 0.29) is 0 Å². The third-order valence-corrected chi connectivity index (χ3v) is 3.25. The van der Waals surface area contributed by atoms with Crippen molar-refractivity contribution in [3.05, 3.63) is 34.9 Å². The minimum atomic E-state index is 0.518. The Morgan fingerprint density at radius 2 is 2.33 bits per heavy atom. The molecule has 3 heteroatoms. The molecule has 0 aliphatic heterocycles. The lowest BCUT2D eigenvalue weighted by Gasteiger charge is -2.14. The fourth-order valence-corrected chi connectivity index (χ4v) is 2.31. The van der Waals surface area contributed by atoms with E-state index in [1.54, 1.807) is 0 Å². The normalized spacial score (nSPS) is 12.1. The molecular weight excluding hydrogens is 226 g/mol. The monoisotopic (exact) mass is 239 g/mol. The van der Waals surface area contributed by atoms with Crippen LogP contribution in [-0.4, -0.2) is 5.75 Å². The molecule has 0 aliphatic rings. The van der Waals surface area contributed by atoms with E-state index in [4.69, 9.17) is 16.9 Å². The minimum absolute atomic E-state index is 0.518. The van der Waals surface area contributed by atoms with Gasteiger partial charge in [0.15, 0.2) is 0 Å². The van der Waals surface area contributed by atoms with Crippen LogP contribution in [-0.2, 0) is 0 Å². The van der Waals surface area contributed by atoms with E-state index in [2.05, 4.69) is 18.4 Å². The van der Waals surface area contributed by atoms with Gasteiger partial charge in [-0.15, -0.1) is 0 Å². The Kier molecular flexibility index (Phi) is 5.60. The summed E-state index contributed by atoms with van der Waals surface area (Å²) in [6.45, 7) is 2.17. The maximum absolute atomic E-state index is 8.46. The molecule has 0 aliphatic carbocycles. The average molecular weight is 240 g/mol. The second-order valence-electron chi connectivity index (χ2n) is 3.39. The maximum atomic E-state index is 8.46. The Morgan fingerprint density at radius 3 is 2.93 bits per heavy atom. The van der Waals surface area contributed by atoms with E-state index in [9.17, 15) is 0 Å². The number of thiocyanates is 1. The van der Waals surface area contributed by atoms with Gasteiger partial charge in [-0.2, -0.15) is 5.26 Å². The van der Waals surface area contributed by atoms with E-state index in [1.807, 2.05) is 18.2 Å². The van der Waals surface area contributed by atoms with Crippen molar-refractivity contribution in [2.24, 2.45) is 0 Å². The van der Waals surface area contributed by atoms with E-state index in [0.29, 0.717) is 5.92 Å². The number of nitrogens with zero attached hydrogens (tertiary/aromatic N) is 1. The van der Waals surface area contributed by atoms with Gasteiger partial charge in [0.1, 0.15) is 5.40 Å². The number of thioether (sulfide) groups is 1. The van der Waals surface area contributed by atoms with Gasteiger partial charge in [0, 0.05) is 10.8 Å². The Balaban J connectivity index is 2.62. The van der Waals surface area contributed by atoms with Crippen molar-refractivity contribution >= 4 is 23.4 Å². The highest BCUT2D eigenvalue weighted by molar-refractivity contribution is 8.03. The predicted molar refractivity (Wildman–Crippen MR) is 67.2 cm³/mol. The maximum Gasteiger partial charge on any atom is 0.133 e. The molecule has 0 saturated carbocycles. The van der Waals surface area contributed by atoms with Crippen LogP contribution in [0.25, 0.3) is 0 Å². The lowest BCUT2D eigenvalue weighted by molar-refractivity contribution is 0.647. The molecule has 0 radical (unpaired) electrons. The molecule has 1 rings (SSSR count). The molecule has 0 spiro atoms. The van der Waals surface area contributed by atoms with Gasteiger partial charge < -0.3 is 0 Å². The van der Waals surface area contributed by atoms with Crippen molar-refractivity contribution < 1.29 is 0 Å². The van der Waals surface area contributed by atoms with E-state index >= 15 is 0 Å². The van der Waals surface area contributed by atoms with Gasteiger partial charge in [0.05, 0.1) is 0 Å². The highest BCUT2D eigenvalue weighted by Crippen LogP contribution is 2.26. The van der Waals surface area contributed by atoms with Crippen LogP contribution in [0.4, 0.5) is 0 Å². The average Bonchev–Trinajstić information content (AvgIpc) is 2.24. The van der Waals surface area contributed by atoms with Gasteiger partial charge in [0.2, 0.25) is 0 Å². The Labute approximate surface area is 100 Å². The summed E-state index contributed by atoms with van der Waals surface area (Å²) in [5.74, 6) is 1.41. The van der Waals surface area contributed by atoms with Crippen LogP contribution in [0.2, 0.25) is 5.02 Å². The van der Waals surface area contributed by atoms with Crippen molar-refractivity contribution in [2.45, 2.75) is 25.7 Å². The highest BCUT2D eigenvalue weighted by Gasteiger charge is 2.09. The quantitative estimate of drug-likeness (QED) is 0.560. The van der Waals surface area contributed by atoms with Crippen molar-refractivity contribution in [3.63, 3.8) is 0 Å². The Bertz CT molecular complexity index is 346. The molecule has 0 saturated heterocycles. The molecule has 1 aromatic carbocycles. The van der Waals surface area contributed by atoms with E-state index in [0.717, 1.165) is 23.6 Å². The largest absolute Gasteiger partial charge is 0.185 e. The van der Waals surface area contributed by atoms with Gasteiger partial charge in [-0.3, -0.25) is 0 Å². The SMILES string of the molecule is CCC(CCSC#N)c1cccc(Cl)c1. The molecule has 80 valence electrons. The van der Waals surface area contributed by atoms with E-state index < -0.39 is 0 Å². The van der Waals surface area contributed by atoms with Crippen molar-refractivity contribution in [1.82, 2.24) is 0 Å². The lowest BCUT2D eigenvalue weighted by Crippen LogP contribution is -1.98. The van der Waals surface area contributed by atoms with Gasteiger partial charge in [-0.05, 0) is 48.2 Å². The molecule has 0 aromatic heterocycles. The molecule has 1 unspecified atom stereocenters. The van der Waals surface area contributed by atoms with Crippen LogP contribution < -0.4 is 0 Å². The molecule has 15 heavy (non-hydrogen) atoms. The summed E-state index contributed by atoms with van der Waals surface area (Å²) in [7, 11) is 0. The number of nitriles is 1. The standard InChI is InChI=1S/C12H14ClNS/c1-2-10(6-7-15-9-14)11-4-3-5-12(13)8-11/h3-5,8,10H,2,6-7H2,1H3. The minimum Gasteiger partial charge on any atom is -0.185 e. The molecule has 0 N–H and O–H groups in total. The number of halogens is 1. The molecule has 0 heterocycles. The second-order valence-corrected chi connectivity index (χ2v) is 4.70. The summed E-state index contributed by atoms with van der Waals surface area (Å²) < 4.78 is 0. The zero-order valence-electron chi connectivity index (χ0n) is 8.74. The highest BCUT2D eigenvalue weighted by atomic mass is 35.5. The fourth-order valence-electron chi connectivity index (χ4n) is 1.61. The molecule has 0 fully saturated rings. The lowest BCUT2D eigenvalue weighted by atomic mass is 9.94. The first-order valence-corrected chi connectivity index (χ1v) is 6.40. The summed E-state index contributed by atoms with van der Waals surface area (Å²) in [5, 5.41) is 11.3. The van der Waals surface area contributed by atoms with Crippen molar-refractivity contribution in [3.8, 4) is 5.40 Å². The van der Waals surface area contributed by atoms with Gasteiger partial charge in [-0.25, -0.2) is 0 Å². The van der Waals surface area contributed by atoms with Crippen LogP contribution in [0, 0.1) is 10.7 Å². The molecule has 0 bridgehead atoms. The van der Waals surface area contributed by atoms with Gasteiger partial charge in [-0.1, -0.05) is 30.7 Å². The number of rotatable bonds is 5. The molecule has 1 nitrogen and oxygen atoms in total. The fraction of sp³-hybridized carbons (Fsp3) is 0.417. The number of hydrogen-bond acceptors (Lipinski definition) is 2. The van der Waals surface area contributed by atoms with Crippen LogP contribution >= 0.6 is 23.4 Å². The number of hydrogen-bond donors (Lipinski definition) is 0. The van der Waals surface area contributed by atoms with Crippen molar-refractivity contribution in [1.29, 1.82) is 5.26 Å². The summed E-state index contributed by atoms with van der Waals surface area (Å²) in [6, 6.07) is 8.00. The summed E-state index contributed by atoms with van der Waals surface area (Å²) in [6.07, 6.45) is 2.13. The second kappa shape index (κ2) is 6.76. The summed E-state index contributed by atoms with van der Waals surface area (Å²) >= 11 is 7.27. The van der Waals surface area contributed by atoms with Crippen LogP contribution in [0.3, 0.4) is 0 Å². The van der Waals surface area contributed by atoms with Crippen LogP contribution in [0.15, 0.2) is 24.3 Å². The molecule has 0 amide bonds. The van der Waals surface area contributed by atoms with Crippen LogP contribution in [0.1, 0.15) is 31.2 Å². The molecular formula is C12H14ClNS. The topological polar surface area (TPSA) is 23.8 Å². The van der Waals surface area contributed by atoms with Crippen molar-refractivity contribution in [2.75, 3.05) is 5.75 Å².